The Balaban J connectivity index is 1.34. The summed E-state index contributed by atoms with van der Waals surface area (Å²) in [6.07, 6.45) is 2.78. The molecule has 1 saturated heterocycles. The minimum atomic E-state index is -0.764. The largest absolute Gasteiger partial charge is 0.497 e. The highest BCUT2D eigenvalue weighted by Gasteiger charge is 2.34. The molecule has 1 N–H and O–H groups in total. The molecule has 0 atom stereocenters. The van der Waals surface area contributed by atoms with Gasteiger partial charge in [0.25, 0.3) is 0 Å². The third-order valence-electron chi connectivity index (χ3n) is 5.66. The second-order valence-corrected chi connectivity index (χ2v) is 7.81. The molecule has 1 aliphatic heterocycles. The summed E-state index contributed by atoms with van der Waals surface area (Å²) < 4.78 is 16.6. The van der Waals surface area contributed by atoms with E-state index >= 15 is 0 Å². The predicted octanol–water partition coefficient (Wildman–Crippen LogP) is 4.08. The van der Waals surface area contributed by atoms with Gasteiger partial charge in [0.2, 0.25) is 0 Å². The Morgan fingerprint density at radius 3 is 2.62 bits per heavy atom. The van der Waals surface area contributed by atoms with Gasteiger partial charge in [0, 0.05) is 37.6 Å². The Kier molecular flexibility index (Phi) is 5.74. The molecule has 1 aliphatic rings. The normalized spacial score (nSPS) is 16.8. The molecule has 1 fully saturated rings. The predicted molar refractivity (Wildman–Crippen MR) is 110 cm³/mol. The van der Waals surface area contributed by atoms with Gasteiger partial charge in [0.1, 0.15) is 28.7 Å². The number of likely N-dealkylation sites (tertiary alicyclic amines) is 1. The van der Waals surface area contributed by atoms with Crippen LogP contribution in [0.15, 0.2) is 51.4 Å². The minimum Gasteiger partial charge on any atom is -0.497 e. The molecular weight excluding hydrogens is 368 g/mol. The zero-order chi connectivity index (χ0) is 20.3. The average Bonchev–Trinajstić information content (AvgIpc) is 3.39. The van der Waals surface area contributed by atoms with Crippen molar-refractivity contribution >= 4 is 0 Å². The van der Waals surface area contributed by atoms with Gasteiger partial charge in [-0.05, 0) is 37.1 Å². The van der Waals surface area contributed by atoms with Crippen molar-refractivity contribution in [3.05, 3.63) is 59.7 Å². The molecule has 6 nitrogen and oxygen atoms in total. The number of furan rings is 1. The smallest absolute Gasteiger partial charge is 0.140 e. The van der Waals surface area contributed by atoms with Crippen molar-refractivity contribution in [1.29, 1.82) is 0 Å². The van der Waals surface area contributed by atoms with Crippen LogP contribution in [-0.4, -0.2) is 41.0 Å². The maximum Gasteiger partial charge on any atom is 0.140 e. The SMILES string of the molecule is CCc1ccc(CN2CCC(O)(Cc3cc(-c4cccc(OC)c4)no3)CC2)o1. The molecule has 3 heterocycles. The van der Waals surface area contributed by atoms with Crippen LogP contribution in [0.25, 0.3) is 11.3 Å². The quantitative estimate of drug-likeness (QED) is 0.649. The van der Waals surface area contributed by atoms with Crippen LogP contribution in [0.3, 0.4) is 0 Å². The Morgan fingerprint density at radius 1 is 1.10 bits per heavy atom. The highest BCUT2D eigenvalue weighted by atomic mass is 16.5. The number of hydrogen-bond donors (Lipinski definition) is 1. The lowest BCUT2D eigenvalue weighted by Crippen LogP contribution is -2.45. The Morgan fingerprint density at radius 2 is 1.90 bits per heavy atom. The van der Waals surface area contributed by atoms with Crippen LogP contribution in [0.5, 0.6) is 5.75 Å². The fraction of sp³-hybridized carbons (Fsp3) is 0.435. The summed E-state index contributed by atoms with van der Waals surface area (Å²) in [6, 6.07) is 13.7. The van der Waals surface area contributed by atoms with E-state index in [1.165, 1.54) is 0 Å². The molecule has 29 heavy (non-hydrogen) atoms. The van der Waals surface area contributed by atoms with Gasteiger partial charge in [-0.3, -0.25) is 4.90 Å². The average molecular weight is 396 g/mol. The minimum absolute atomic E-state index is 0.471. The number of ether oxygens (including phenoxy) is 1. The van der Waals surface area contributed by atoms with Gasteiger partial charge >= 0.3 is 0 Å². The van der Waals surface area contributed by atoms with E-state index in [1.807, 2.05) is 42.5 Å². The lowest BCUT2D eigenvalue weighted by atomic mass is 9.87. The first-order valence-electron chi connectivity index (χ1n) is 10.2. The number of hydrogen-bond acceptors (Lipinski definition) is 6. The van der Waals surface area contributed by atoms with Gasteiger partial charge in [-0.15, -0.1) is 0 Å². The summed E-state index contributed by atoms with van der Waals surface area (Å²) >= 11 is 0. The monoisotopic (exact) mass is 396 g/mol. The van der Waals surface area contributed by atoms with Crippen LogP contribution in [0.1, 0.15) is 37.0 Å². The summed E-state index contributed by atoms with van der Waals surface area (Å²) in [5, 5.41) is 15.2. The first-order valence-corrected chi connectivity index (χ1v) is 10.2. The van der Waals surface area contributed by atoms with Crippen molar-refractivity contribution in [3.8, 4) is 17.0 Å². The van der Waals surface area contributed by atoms with Gasteiger partial charge in [-0.1, -0.05) is 24.2 Å². The molecule has 0 spiro atoms. The molecule has 0 aliphatic carbocycles. The van der Waals surface area contributed by atoms with Gasteiger partial charge < -0.3 is 18.8 Å². The van der Waals surface area contributed by atoms with Crippen molar-refractivity contribution in [2.75, 3.05) is 20.2 Å². The van der Waals surface area contributed by atoms with Crippen molar-refractivity contribution in [2.24, 2.45) is 0 Å². The van der Waals surface area contributed by atoms with Crippen molar-refractivity contribution in [2.45, 2.75) is 44.8 Å². The molecule has 6 heteroatoms. The maximum absolute atomic E-state index is 11.1. The van der Waals surface area contributed by atoms with Crippen LogP contribution in [0, 0.1) is 0 Å². The first-order chi connectivity index (χ1) is 14.1. The Labute approximate surface area is 171 Å². The van der Waals surface area contributed by atoms with E-state index in [0.29, 0.717) is 25.0 Å². The molecule has 0 unspecified atom stereocenters. The highest BCUT2D eigenvalue weighted by molar-refractivity contribution is 5.60. The number of aromatic nitrogens is 1. The van der Waals surface area contributed by atoms with Crippen molar-refractivity contribution in [3.63, 3.8) is 0 Å². The number of aryl methyl sites for hydroxylation is 1. The molecule has 0 radical (unpaired) electrons. The molecule has 0 bridgehead atoms. The highest BCUT2D eigenvalue weighted by Crippen LogP contribution is 2.30. The topological polar surface area (TPSA) is 71.9 Å². The van der Waals surface area contributed by atoms with Crippen LogP contribution in [-0.2, 0) is 19.4 Å². The van der Waals surface area contributed by atoms with Gasteiger partial charge in [-0.25, -0.2) is 0 Å². The van der Waals surface area contributed by atoms with Crippen LogP contribution in [0.2, 0.25) is 0 Å². The summed E-state index contributed by atoms with van der Waals surface area (Å²) in [6.45, 7) is 4.54. The number of methoxy groups -OCH3 is 1. The van der Waals surface area contributed by atoms with Crippen molar-refractivity contribution < 1.29 is 18.8 Å². The number of piperidine rings is 1. The van der Waals surface area contributed by atoms with Crippen LogP contribution < -0.4 is 4.74 Å². The molecule has 1 aromatic carbocycles. The van der Waals surface area contributed by atoms with E-state index < -0.39 is 5.60 Å². The lowest BCUT2D eigenvalue weighted by molar-refractivity contribution is -0.0277. The van der Waals surface area contributed by atoms with E-state index in [9.17, 15) is 5.11 Å². The van der Waals surface area contributed by atoms with Gasteiger partial charge in [0.05, 0.1) is 19.3 Å². The summed E-state index contributed by atoms with van der Waals surface area (Å²) in [4.78, 5) is 2.33. The van der Waals surface area contributed by atoms with E-state index in [4.69, 9.17) is 13.7 Å². The van der Waals surface area contributed by atoms with E-state index in [2.05, 4.69) is 17.0 Å². The molecule has 0 saturated carbocycles. The lowest BCUT2D eigenvalue weighted by Gasteiger charge is -2.37. The zero-order valence-corrected chi connectivity index (χ0v) is 17.1. The summed E-state index contributed by atoms with van der Waals surface area (Å²) in [7, 11) is 1.64. The molecule has 2 aromatic heterocycles. The second-order valence-electron chi connectivity index (χ2n) is 7.81. The molecule has 4 rings (SSSR count). The second kappa shape index (κ2) is 8.43. The fourth-order valence-electron chi connectivity index (χ4n) is 3.86. The zero-order valence-electron chi connectivity index (χ0n) is 17.1. The maximum atomic E-state index is 11.1. The van der Waals surface area contributed by atoms with Gasteiger partial charge in [0.15, 0.2) is 0 Å². The Bertz CT molecular complexity index is 938. The van der Waals surface area contributed by atoms with Gasteiger partial charge in [-0.2, -0.15) is 0 Å². The molecule has 3 aromatic rings. The fourth-order valence-corrected chi connectivity index (χ4v) is 3.86. The number of rotatable bonds is 7. The van der Waals surface area contributed by atoms with Crippen LogP contribution in [0.4, 0.5) is 0 Å². The summed E-state index contributed by atoms with van der Waals surface area (Å²) in [5.41, 5.74) is 0.926. The molecule has 154 valence electrons. The third-order valence-corrected chi connectivity index (χ3v) is 5.66. The van der Waals surface area contributed by atoms with Crippen molar-refractivity contribution in [1.82, 2.24) is 10.1 Å². The van der Waals surface area contributed by atoms with E-state index in [1.54, 1.807) is 7.11 Å². The third kappa shape index (κ3) is 4.71. The van der Waals surface area contributed by atoms with E-state index in [0.717, 1.165) is 54.6 Å². The number of aliphatic hydroxyl groups is 1. The first kappa shape index (κ1) is 19.7. The molecular formula is C23H28N2O4. The number of nitrogens with zero attached hydrogens (tertiary/aromatic N) is 2. The molecule has 0 amide bonds. The van der Waals surface area contributed by atoms with Crippen LogP contribution >= 0.6 is 0 Å². The standard InChI is InChI=1S/C23H28N2O4/c1-3-18-7-8-20(28-18)16-25-11-9-23(26,10-12-25)15-21-14-22(24-29-21)17-5-4-6-19(13-17)27-2/h4-8,13-14,26H,3,9-12,15-16H2,1-2H3. The van der Waals surface area contributed by atoms with E-state index in [-0.39, 0.29) is 0 Å². The Hall–Kier alpha value is -2.57. The number of benzene rings is 1. The summed E-state index contributed by atoms with van der Waals surface area (Å²) in [5.74, 6) is 3.49.